The highest BCUT2D eigenvalue weighted by Crippen LogP contribution is 2.46. The Labute approximate surface area is 231 Å². The van der Waals surface area contributed by atoms with Crippen LogP contribution in [0.2, 0.25) is 0 Å². The van der Waals surface area contributed by atoms with E-state index in [1.807, 2.05) is 12.1 Å². The molecule has 4 rings (SSSR count). The minimum atomic E-state index is -0.668. The number of nitrogens with one attached hydrogen (secondary N) is 1. The number of rotatable bonds is 10. The molecule has 39 heavy (non-hydrogen) atoms. The summed E-state index contributed by atoms with van der Waals surface area (Å²) in [5.41, 5.74) is 1.81. The molecule has 2 heterocycles. The summed E-state index contributed by atoms with van der Waals surface area (Å²) in [6.45, 7) is 3.77. The molecule has 0 saturated carbocycles. The molecule has 0 unspecified atom stereocenters. The van der Waals surface area contributed by atoms with Crippen LogP contribution in [0.25, 0.3) is 0 Å². The van der Waals surface area contributed by atoms with Crippen LogP contribution in [-0.2, 0) is 4.79 Å². The van der Waals surface area contributed by atoms with Crippen LogP contribution in [0.15, 0.2) is 30.3 Å². The van der Waals surface area contributed by atoms with Gasteiger partial charge in [0.2, 0.25) is 5.91 Å². The van der Waals surface area contributed by atoms with Gasteiger partial charge in [0, 0.05) is 19.2 Å². The van der Waals surface area contributed by atoms with Crippen molar-refractivity contribution in [3.63, 3.8) is 0 Å². The van der Waals surface area contributed by atoms with Crippen LogP contribution in [0, 0.1) is 0 Å². The third-order valence-electron chi connectivity index (χ3n) is 7.86. The van der Waals surface area contributed by atoms with Crippen molar-refractivity contribution in [2.45, 2.75) is 44.1 Å². The van der Waals surface area contributed by atoms with E-state index in [1.165, 1.54) is 32.8 Å². The van der Waals surface area contributed by atoms with Gasteiger partial charge in [0.1, 0.15) is 0 Å². The van der Waals surface area contributed by atoms with Gasteiger partial charge in [-0.2, -0.15) is 0 Å². The summed E-state index contributed by atoms with van der Waals surface area (Å²) in [5.74, 6) is 1.02. The lowest BCUT2D eigenvalue weighted by molar-refractivity contribution is -0.124. The molecule has 212 valence electrons. The predicted octanol–water partition coefficient (Wildman–Crippen LogP) is 4.01. The van der Waals surface area contributed by atoms with Gasteiger partial charge in [0.15, 0.2) is 23.0 Å². The average molecular weight is 540 g/mol. The minimum absolute atomic E-state index is 0.140. The summed E-state index contributed by atoms with van der Waals surface area (Å²) in [4.78, 5) is 31.7. The van der Waals surface area contributed by atoms with E-state index in [2.05, 4.69) is 10.2 Å². The highest BCUT2D eigenvalue weighted by Gasteiger charge is 2.43. The number of hydrogen-bond donors (Lipinski definition) is 1. The van der Waals surface area contributed by atoms with Gasteiger partial charge in [0.05, 0.1) is 40.4 Å². The molecule has 2 aromatic carbocycles. The lowest BCUT2D eigenvalue weighted by Gasteiger charge is -2.40. The summed E-state index contributed by atoms with van der Waals surface area (Å²) >= 11 is 0. The molecule has 2 atom stereocenters. The Kier molecular flexibility index (Phi) is 9.56. The first-order chi connectivity index (χ1) is 18.9. The van der Waals surface area contributed by atoms with Crippen molar-refractivity contribution >= 4 is 11.8 Å². The van der Waals surface area contributed by atoms with Gasteiger partial charge in [-0.25, -0.2) is 0 Å². The van der Waals surface area contributed by atoms with Gasteiger partial charge in [-0.1, -0.05) is 18.9 Å². The molecule has 2 aromatic rings. The number of hydrogen-bond acceptors (Lipinski definition) is 7. The molecule has 2 aliphatic heterocycles. The molecular formula is C30H41N3O6. The summed E-state index contributed by atoms with van der Waals surface area (Å²) in [7, 11) is 7.94. The maximum Gasteiger partial charge on any atom is 0.254 e. The molecule has 9 nitrogen and oxygen atoms in total. The van der Waals surface area contributed by atoms with Crippen molar-refractivity contribution in [1.29, 1.82) is 0 Å². The molecule has 0 radical (unpaired) electrons. The second-order valence-corrected chi connectivity index (χ2v) is 10.1. The Balaban J connectivity index is 1.66. The van der Waals surface area contributed by atoms with Crippen LogP contribution >= 0.6 is 0 Å². The Morgan fingerprint density at radius 3 is 2.13 bits per heavy atom. The van der Waals surface area contributed by atoms with Crippen molar-refractivity contribution in [2.24, 2.45) is 0 Å². The summed E-state index contributed by atoms with van der Waals surface area (Å²) in [6, 6.07) is 8.37. The van der Waals surface area contributed by atoms with E-state index in [0.717, 1.165) is 31.6 Å². The van der Waals surface area contributed by atoms with Crippen LogP contribution in [0.3, 0.4) is 0 Å². The molecule has 1 N–H and O–H groups in total. The number of carbonyl (C=O) groups excluding carboxylic acids is 2. The number of ether oxygens (including phenoxy) is 4. The summed E-state index contributed by atoms with van der Waals surface area (Å²) < 4.78 is 22.0. The van der Waals surface area contributed by atoms with Gasteiger partial charge in [-0.3, -0.25) is 9.59 Å². The molecule has 0 bridgehead atoms. The second-order valence-electron chi connectivity index (χ2n) is 10.1. The Morgan fingerprint density at radius 1 is 0.872 bits per heavy atom. The number of nitrogens with zero attached hydrogens (tertiary/aromatic N) is 2. The Bertz CT molecular complexity index is 1160. The van der Waals surface area contributed by atoms with Crippen LogP contribution in [0.1, 0.15) is 65.5 Å². The van der Waals surface area contributed by atoms with Crippen molar-refractivity contribution in [3.05, 3.63) is 47.0 Å². The van der Waals surface area contributed by atoms with Crippen LogP contribution in [0.4, 0.5) is 0 Å². The maximum atomic E-state index is 13.9. The normalized spacial score (nSPS) is 19.6. The fraction of sp³-hybridized carbons (Fsp3) is 0.533. The first-order valence-electron chi connectivity index (χ1n) is 13.7. The molecule has 1 fully saturated rings. The lowest BCUT2D eigenvalue weighted by Crippen LogP contribution is -2.46. The van der Waals surface area contributed by atoms with E-state index in [1.54, 1.807) is 51.5 Å². The van der Waals surface area contributed by atoms with Gasteiger partial charge >= 0.3 is 0 Å². The number of fused-ring (bicyclic) bond motifs is 1. The third-order valence-corrected chi connectivity index (χ3v) is 7.86. The lowest BCUT2D eigenvalue weighted by atomic mass is 9.79. The number of benzene rings is 2. The monoisotopic (exact) mass is 539 g/mol. The first-order valence-corrected chi connectivity index (χ1v) is 13.7. The smallest absolute Gasteiger partial charge is 0.254 e. The molecule has 9 heteroatoms. The van der Waals surface area contributed by atoms with Crippen LogP contribution in [0.5, 0.6) is 23.0 Å². The van der Waals surface area contributed by atoms with Crippen molar-refractivity contribution < 1.29 is 28.5 Å². The Morgan fingerprint density at radius 2 is 1.49 bits per heavy atom. The summed E-state index contributed by atoms with van der Waals surface area (Å²) in [5, 5.41) is 3.17. The highest BCUT2D eigenvalue weighted by molar-refractivity contribution is 6.02. The summed E-state index contributed by atoms with van der Waals surface area (Å²) in [6.07, 6.45) is 5.94. The number of amides is 2. The van der Waals surface area contributed by atoms with Gasteiger partial charge in [0.25, 0.3) is 5.91 Å². The average Bonchev–Trinajstić information content (AvgIpc) is 3.24. The number of methoxy groups -OCH3 is 4. The maximum absolute atomic E-state index is 13.9. The van der Waals surface area contributed by atoms with E-state index in [4.69, 9.17) is 18.9 Å². The molecular weight excluding hydrogens is 498 g/mol. The van der Waals surface area contributed by atoms with E-state index >= 15 is 0 Å². The van der Waals surface area contributed by atoms with Crippen LogP contribution < -0.4 is 24.3 Å². The van der Waals surface area contributed by atoms with Crippen molar-refractivity contribution in [3.8, 4) is 23.0 Å². The molecule has 2 amide bonds. The topological polar surface area (TPSA) is 89.6 Å². The van der Waals surface area contributed by atoms with Crippen molar-refractivity contribution in [1.82, 2.24) is 15.1 Å². The fourth-order valence-electron chi connectivity index (χ4n) is 5.77. The zero-order valence-corrected chi connectivity index (χ0v) is 23.7. The number of likely N-dealkylation sites (N-methyl/N-ethyl adjacent to an activating group) is 1. The SMILES string of the molecule is COc1ccc([C@@H]2[C@@H](C(=O)NCCCN3CCCCCC3)c3cc(OC)c(OC)cc3C(=O)N2C)cc1OC. The van der Waals surface area contributed by atoms with Gasteiger partial charge in [-0.05, 0) is 74.3 Å². The van der Waals surface area contributed by atoms with E-state index < -0.39 is 12.0 Å². The largest absolute Gasteiger partial charge is 0.493 e. The zero-order chi connectivity index (χ0) is 27.9. The van der Waals surface area contributed by atoms with Crippen molar-refractivity contribution in [2.75, 3.05) is 61.7 Å². The third kappa shape index (κ3) is 6.08. The van der Waals surface area contributed by atoms with E-state index in [-0.39, 0.29) is 11.8 Å². The van der Waals surface area contributed by atoms with Gasteiger partial charge in [-0.15, -0.1) is 0 Å². The Hall–Kier alpha value is -3.46. The molecule has 2 aliphatic rings. The minimum Gasteiger partial charge on any atom is -0.493 e. The van der Waals surface area contributed by atoms with E-state index in [0.29, 0.717) is 40.7 Å². The number of carbonyl (C=O) groups is 2. The molecule has 1 saturated heterocycles. The number of likely N-dealkylation sites (tertiary alicyclic amines) is 1. The molecule has 0 aromatic heterocycles. The zero-order valence-electron chi connectivity index (χ0n) is 23.7. The molecule has 0 aliphatic carbocycles. The standard InChI is InChI=1S/C30H41N3O6/c1-32-28(20-11-12-23(36-2)24(17-20)37-3)27(21-18-25(38-4)26(39-5)19-22(21)30(32)35)29(34)31-13-10-16-33-14-8-6-7-9-15-33/h11-12,17-19,27-28H,6-10,13-16H2,1-5H3,(H,31,34)/t27-,28+/m0/s1. The van der Waals surface area contributed by atoms with Crippen LogP contribution in [-0.4, -0.2) is 83.3 Å². The molecule has 0 spiro atoms. The fourth-order valence-corrected chi connectivity index (χ4v) is 5.77. The predicted molar refractivity (Wildman–Crippen MR) is 149 cm³/mol. The quantitative estimate of drug-likeness (QED) is 0.456. The first kappa shape index (κ1) is 28.5. The van der Waals surface area contributed by atoms with Gasteiger partial charge < -0.3 is 34.1 Å². The second kappa shape index (κ2) is 13.1. The van der Waals surface area contributed by atoms with E-state index in [9.17, 15) is 9.59 Å². The highest BCUT2D eigenvalue weighted by atomic mass is 16.5.